The molecule has 1 saturated carbocycles. The number of sulfonamides is 1. The molecule has 2 heterocycles. The number of ether oxygens (including phenoxy) is 1. The molecule has 2 amide bonds. The Bertz CT molecular complexity index is 648. The highest BCUT2D eigenvalue weighted by Crippen LogP contribution is 2.35. The Labute approximate surface area is 161 Å². The van der Waals surface area contributed by atoms with E-state index in [1.807, 2.05) is 11.8 Å². The van der Waals surface area contributed by atoms with Crippen LogP contribution in [0.15, 0.2) is 0 Å². The van der Waals surface area contributed by atoms with Crippen LogP contribution in [0.4, 0.5) is 0 Å². The van der Waals surface area contributed by atoms with Gasteiger partial charge in [0.25, 0.3) is 0 Å². The first-order chi connectivity index (χ1) is 12.9. The zero-order chi connectivity index (χ0) is 19.5. The number of hydrogen-bond acceptors (Lipinski definition) is 5. The molecule has 0 spiro atoms. The molecule has 0 aromatic carbocycles. The van der Waals surface area contributed by atoms with Crippen molar-refractivity contribution in [2.24, 2.45) is 11.3 Å². The maximum Gasteiger partial charge on any atom is 0.230 e. The fourth-order valence-electron chi connectivity index (χ4n) is 3.89. The highest BCUT2D eigenvalue weighted by molar-refractivity contribution is 7.89. The van der Waals surface area contributed by atoms with Crippen molar-refractivity contribution in [1.82, 2.24) is 14.5 Å². The van der Waals surface area contributed by atoms with Crippen molar-refractivity contribution in [1.29, 1.82) is 0 Å². The van der Waals surface area contributed by atoms with Crippen LogP contribution in [0.2, 0.25) is 0 Å². The largest absolute Gasteiger partial charge is 0.378 e. The molecule has 0 unspecified atom stereocenters. The van der Waals surface area contributed by atoms with E-state index in [1.54, 1.807) is 0 Å². The van der Waals surface area contributed by atoms with Gasteiger partial charge in [0, 0.05) is 38.6 Å². The third kappa shape index (κ3) is 4.81. The zero-order valence-corrected chi connectivity index (χ0v) is 16.9. The molecule has 27 heavy (non-hydrogen) atoms. The Morgan fingerprint density at radius 1 is 1.11 bits per heavy atom. The molecular weight excluding hydrogens is 370 g/mol. The number of nitrogens with zero attached hydrogens (tertiary/aromatic N) is 2. The number of carbonyl (C=O) groups is 2. The van der Waals surface area contributed by atoms with Crippen molar-refractivity contribution < 1.29 is 22.7 Å². The quantitative estimate of drug-likeness (QED) is 0.657. The molecule has 3 aliphatic rings. The Hall–Kier alpha value is -1.19. The summed E-state index contributed by atoms with van der Waals surface area (Å²) in [6.07, 6.45) is 3.29. The van der Waals surface area contributed by atoms with E-state index in [2.05, 4.69) is 5.32 Å². The topological polar surface area (TPSA) is 96.0 Å². The maximum atomic E-state index is 13.3. The average molecular weight is 402 g/mol. The highest BCUT2D eigenvalue weighted by atomic mass is 32.2. The lowest BCUT2D eigenvalue weighted by Crippen LogP contribution is -2.57. The third-order valence-corrected chi connectivity index (χ3v) is 7.91. The summed E-state index contributed by atoms with van der Waals surface area (Å²) in [7, 11) is -3.27. The van der Waals surface area contributed by atoms with Crippen molar-refractivity contribution in [2.45, 2.75) is 39.0 Å². The SMILES string of the molecule is CCCS(=O)(=O)N1CCC(CNC(=O)C2CC2)(C(=O)N2CCOCC2)CC1. The molecule has 0 radical (unpaired) electrons. The highest BCUT2D eigenvalue weighted by Gasteiger charge is 2.46. The van der Waals surface area contributed by atoms with Crippen molar-refractivity contribution in [2.75, 3.05) is 51.7 Å². The van der Waals surface area contributed by atoms with Gasteiger partial charge in [-0.1, -0.05) is 6.92 Å². The molecule has 3 rings (SSSR count). The predicted octanol–water partition coefficient (Wildman–Crippen LogP) is 0.193. The number of nitrogens with one attached hydrogen (secondary N) is 1. The van der Waals surface area contributed by atoms with E-state index < -0.39 is 15.4 Å². The molecule has 1 aliphatic carbocycles. The van der Waals surface area contributed by atoms with Gasteiger partial charge in [0.2, 0.25) is 21.8 Å². The Morgan fingerprint density at radius 2 is 1.74 bits per heavy atom. The fourth-order valence-corrected chi connectivity index (χ4v) is 5.41. The summed E-state index contributed by atoms with van der Waals surface area (Å²) < 4.78 is 31.6. The number of piperidine rings is 1. The summed E-state index contributed by atoms with van der Waals surface area (Å²) in [6.45, 7) is 4.95. The van der Waals surface area contributed by atoms with E-state index in [4.69, 9.17) is 4.74 Å². The second kappa shape index (κ2) is 8.45. The maximum absolute atomic E-state index is 13.3. The van der Waals surface area contributed by atoms with Crippen molar-refractivity contribution in [3.63, 3.8) is 0 Å². The third-order valence-electron chi connectivity index (χ3n) is 5.84. The molecule has 0 atom stereocenters. The minimum absolute atomic E-state index is 0.0187. The lowest BCUT2D eigenvalue weighted by molar-refractivity contribution is -0.148. The van der Waals surface area contributed by atoms with Crippen LogP contribution < -0.4 is 5.32 Å². The van der Waals surface area contributed by atoms with Gasteiger partial charge in [-0.3, -0.25) is 9.59 Å². The summed E-state index contributed by atoms with van der Waals surface area (Å²) in [5, 5.41) is 2.97. The Morgan fingerprint density at radius 3 is 2.30 bits per heavy atom. The standard InChI is InChI=1S/C18H31N3O5S/c1-2-13-27(24,25)21-7-5-18(6-8-21,14-19-16(22)15-3-4-15)17(23)20-9-11-26-12-10-20/h15H,2-14H2,1H3,(H,19,22). The van der Waals surface area contributed by atoms with E-state index in [0.29, 0.717) is 65.2 Å². The van der Waals surface area contributed by atoms with E-state index in [9.17, 15) is 18.0 Å². The normalized spacial score (nSPS) is 23.8. The van der Waals surface area contributed by atoms with Gasteiger partial charge in [0.1, 0.15) is 0 Å². The van der Waals surface area contributed by atoms with Crippen molar-refractivity contribution in [3.05, 3.63) is 0 Å². The number of amides is 2. The molecule has 9 heteroatoms. The van der Waals surface area contributed by atoms with Crippen LogP contribution in [0.1, 0.15) is 39.0 Å². The van der Waals surface area contributed by atoms with Gasteiger partial charge in [0.15, 0.2) is 0 Å². The van der Waals surface area contributed by atoms with Gasteiger partial charge >= 0.3 is 0 Å². The second-order valence-electron chi connectivity index (χ2n) is 7.89. The number of morpholine rings is 1. The molecule has 2 aliphatic heterocycles. The molecule has 2 saturated heterocycles. The summed E-state index contributed by atoms with van der Waals surface area (Å²) in [6, 6.07) is 0. The van der Waals surface area contributed by atoms with Crippen LogP contribution in [0.5, 0.6) is 0 Å². The monoisotopic (exact) mass is 401 g/mol. The van der Waals surface area contributed by atoms with Crippen LogP contribution in [0.25, 0.3) is 0 Å². The lowest BCUT2D eigenvalue weighted by Gasteiger charge is -2.43. The minimum atomic E-state index is -3.27. The van der Waals surface area contributed by atoms with E-state index in [0.717, 1.165) is 12.8 Å². The smallest absolute Gasteiger partial charge is 0.230 e. The van der Waals surface area contributed by atoms with Crippen LogP contribution in [0, 0.1) is 11.3 Å². The van der Waals surface area contributed by atoms with E-state index in [-0.39, 0.29) is 23.5 Å². The molecule has 0 bridgehead atoms. The first-order valence-electron chi connectivity index (χ1n) is 10.0. The van der Waals surface area contributed by atoms with E-state index >= 15 is 0 Å². The Balaban J connectivity index is 1.70. The predicted molar refractivity (Wildman–Crippen MR) is 100 cm³/mol. The van der Waals surface area contributed by atoms with Gasteiger partial charge < -0.3 is 15.0 Å². The number of carbonyl (C=O) groups excluding carboxylic acids is 2. The first kappa shape index (κ1) is 20.5. The summed E-state index contributed by atoms with van der Waals surface area (Å²) in [5.74, 6) is 0.265. The van der Waals surface area contributed by atoms with Crippen LogP contribution in [-0.4, -0.2) is 81.1 Å². The minimum Gasteiger partial charge on any atom is -0.378 e. The molecule has 154 valence electrons. The average Bonchev–Trinajstić information content (AvgIpc) is 3.52. The van der Waals surface area contributed by atoms with Gasteiger partial charge in [-0.2, -0.15) is 0 Å². The fraction of sp³-hybridized carbons (Fsp3) is 0.889. The van der Waals surface area contributed by atoms with Crippen LogP contribution >= 0.6 is 0 Å². The summed E-state index contributed by atoms with van der Waals surface area (Å²) in [5.41, 5.74) is -0.722. The second-order valence-corrected chi connectivity index (χ2v) is 9.98. The summed E-state index contributed by atoms with van der Waals surface area (Å²) >= 11 is 0. The van der Waals surface area contributed by atoms with Gasteiger partial charge in [-0.15, -0.1) is 0 Å². The molecule has 0 aromatic heterocycles. The van der Waals surface area contributed by atoms with Crippen molar-refractivity contribution >= 4 is 21.8 Å². The van der Waals surface area contributed by atoms with Crippen LogP contribution in [-0.2, 0) is 24.3 Å². The first-order valence-corrected chi connectivity index (χ1v) is 11.6. The number of hydrogen-bond donors (Lipinski definition) is 1. The summed E-state index contributed by atoms with van der Waals surface area (Å²) in [4.78, 5) is 27.3. The van der Waals surface area contributed by atoms with Gasteiger partial charge in [0.05, 0.1) is 24.4 Å². The molecule has 3 fully saturated rings. The van der Waals surface area contributed by atoms with Crippen molar-refractivity contribution in [3.8, 4) is 0 Å². The van der Waals surface area contributed by atoms with Gasteiger partial charge in [-0.25, -0.2) is 12.7 Å². The van der Waals surface area contributed by atoms with Crippen LogP contribution in [0.3, 0.4) is 0 Å². The number of rotatable bonds is 7. The van der Waals surface area contributed by atoms with Gasteiger partial charge in [-0.05, 0) is 32.1 Å². The molecule has 1 N–H and O–H groups in total. The molecule has 8 nitrogen and oxygen atoms in total. The lowest BCUT2D eigenvalue weighted by atomic mass is 9.77. The molecule has 0 aromatic rings. The molecular formula is C18H31N3O5S. The Kier molecular flexibility index (Phi) is 6.43. The van der Waals surface area contributed by atoms with E-state index in [1.165, 1.54) is 4.31 Å². The zero-order valence-electron chi connectivity index (χ0n) is 16.1.